The zero-order valence-corrected chi connectivity index (χ0v) is 12.5. The molecular weight excluding hydrogens is 302 g/mol. The van der Waals surface area contributed by atoms with Crippen molar-refractivity contribution < 1.29 is 24.2 Å². The minimum atomic E-state index is -0.910. The van der Waals surface area contributed by atoms with Gasteiger partial charge in [-0.05, 0) is 24.6 Å². The second-order valence-electron chi connectivity index (χ2n) is 4.83. The van der Waals surface area contributed by atoms with Crippen LogP contribution in [-0.4, -0.2) is 41.7 Å². The Hall–Kier alpha value is -3.03. The van der Waals surface area contributed by atoms with Gasteiger partial charge in [-0.15, -0.1) is 0 Å². The Bertz CT molecular complexity index is 738. The second-order valence-corrected chi connectivity index (χ2v) is 4.83. The van der Waals surface area contributed by atoms with E-state index in [1.165, 1.54) is 13.2 Å². The molecule has 0 unspecified atom stereocenters. The van der Waals surface area contributed by atoms with Crippen LogP contribution in [-0.2, 0) is 9.53 Å². The Labute approximate surface area is 131 Å². The fourth-order valence-electron chi connectivity index (χ4n) is 2.13. The molecule has 122 valence electrons. The van der Waals surface area contributed by atoms with Gasteiger partial charge in [-0.1, -0.05) is 0 Å². The number of urea groups is 1. The lowest BCUT2D eigenvalue weighted by atomic mass is 10.1. The number of hydrogen-bond acceptors (Lipinski definition) is 4. The number of aromatic amines is 1. The average Bonchev–Trinajstić information content (AvgIpc) is 2.98. The van der Waals surface area contributed by atoms with E-state index in [-0.39, 0.29) is 13.0 Å². The number of carboxylic acid groups (broad SMARTS) is 1. The van der Waals surface area contributed by atoms with Gasteiger partial charge in [0.25, 0.3) is 0 Å². The summed E-state index contributed by atoms with van der Waals surface area (Å²) in [5, 5.41) is 14.4. The number of aliphatic carboxylic acids is 1. The van der Waals surface area contributed by atoms with E-state index in [2.05, 4.69) is 15.6 Å². The first kappa shape index (κ1) is 16.3. The first-order valence-corrected chi connectivity index (χ1v) is 6.97. The SMILES string of the molecule is COC(=O)c1cc(NC(=O)NCCCC(=O)O)cc2[nH]ccc12. The molecule has 2 aromatic rings. The van der Waals surface area contributed by atoms with Crippen molar-refractivity contribution in [1.82, 2.24) is 10.3 Å². The lowest BCUT2D eigenvalue weighted by Crippen LogP contribution is -2.29. The maximum Gasteiger partial charge on any atom is 0.338 e. The highest BCUT2D eigenvalue weighted by Crippen LogP contribution is 2.23. The molecule has 23 heavy (non-hydrogen) atoms. The van der Waals surface area contributed by atoms with Gasteiger partial charge in [0.1, 0.15) is 0 Å². The van der Waals surface area contributed by atoms with Crippen LogP contribution in [0.5, 0.6) is 0 Å². The third kappa shape index (κ3) is 4.22. The zero-order valence-electron chi connectivity index (χ0n) is 12.5. The van der Waals surface area contributed by atoms with Gasteiger partial charge in [-0.25, -0.2) is 9.59 Å². The quantitative estimate of drug-likeness (QED) is 0.479. The minimum absolute atomic E-state index is 0.0127. The predicted octanol–water partition coefficient (Wildman–Crippen LogP) is 1.94. The lowest BCUT2D eigenvalue weighted by Gasteiger charge is -2.09. The van der Waals surface area contributed by atoms with Crippen molar-refractivity contribution >= 4 is 34.6 Å². The standard InChI is InChI=1S/C15H17N3O5/c1-23-14(21)11-7-9(8-12-10(11)4-6-16-12)18-15(22)17-5-2-3-13(19)20/h4,6-8,16H,2-3,5H2,1H3,(H,19,20)(H2,17,18,22). The third-order valence-electron chi connectivity index (χ3n) is 3.19. The number of methoxy groups -OCH3 is 1. The lowest BCUT2D eigenvalue weighted by molar-refractivity contribution is -0.137. The van der Waals surface area contributed by atoms with Gasteiger partial charge < -0.3 is 25.5 Å². The van der Waals surface area contributed by atoms with E-state index in [4.69, 9.17) is 9.84 Å². The van der Waals surface area contributed by atoms with Crippen LogP contribution in [0.1, 0.15) is 23.2 Å². The number of hydrogen-bond donors (Lipinski definition) is 4. The molecule has 0 bridgehead atoms. The summed E-state index contributed by atoms with van der Waals surface area (Å²) in [5.41, 5.74) is 1.46. The number of ether oxygens (including phenoxy) is 1. The topological polar surface area (TPSA) is 121 Å². The molecule has 2 amide bonds. The minimum Gasteiger partial charge on any atom is -0.481 e. The predicted molar refractivity (Wildman–Crippen MR) is 83.5 cm³/mol. The summed E-state index contributed by atoms with van der Waals surface area (Å²) in [4.78, 5) is 37.0. The van der Waals surface area contributed by atoms with E-state index in [0.29, 0.717) is 28.6 Å². The molecule has 2 rings (SSSR count). The monoisotopic (exact) mass is 319 g/mol. The number of aromatic nitrogens is 1. The number of carbonyl (C=O) groups is 3. The fraction of sp³-hybridized carbons (Fsp3) is 0.267. The Morgan fingerprint density at radius 1 is 1.30 bits per heavy atom. The molecule has 0 aliphatic carbocycles. The molecule has 1 heterocycles. The molecule has 0 aliphatic rings. The van der Waals surface area contributed by atoms with Gasteiger partial charge in [-0.2, -0.15) is 0 Å². The van der Waals surface area contributed by atoms with Gasteiger partial charge in [-0.3, -0.25) is 4.79 Å². The van der Waals surface area contributed by atoms with E-state index in [1.807, 2.05) is 0 Å². The van der Waals surface area contributed by atoms with Crippen molar-refractivity contribution in [3.05, 3.63) is 30.0 Å². The molecule has 0 spiro atoms. The van der Waals surface area contributed by atoms with Crippen molar-refractivity contribution in [3.8, 4) is 0 Å². The Morgan fingerprint density at radius 3 is 2.78 bits per heavy atom. The van der Waals surface area contributed by atoms with E-state index in [1.54, 1.807) is 18.3 Å². The van der Waals surface area contributed by atoms with Crippen molar-refractivity contribution in [2.24, 2.45) is 0 Å². The van der Waals surface area contributed by atoms with Crippen molar-refractivity contribution in [2.75, 3.05) is 19.0 Å². The Kier molecular flexibility index (Phi) is 5.19. The number of amides is 2. The van der Waals surface area contributed by atoms with Crippen LogP contribution in [0.3, 0.4) is 0 Å². The van der Waals surface area contributed by atoms with Crippen LogP contribution in [0.2, 0.25) is 0 Å². The molecular formula is C15H17N3O5. The molecule has 8 heteroatoms. The zero-order chi connectivity index (χ0) is 16.8. The summed E-state index contributed by atoms with van der Waals surface area (Å²) in [6, 6.07) is 4.49. The van der Waals surface area contributed by atoms with Crippen LogP contribution in [0.15, 0.2) is 24.4 Å². The number of anilines is 1. The molecule has 0 saturated carbocycles. The van der Waals surface area contributed by atoms with Crippen molar-refractivity contribution in [2.45, 2.75) is 12.8 Å². The molecule has 4 N–H and O–H groups in total. The summed E-state index contributed by atoms with van der Waals surface area (Å²) in [5.74, 6) is -1.41. The first-order chi connectivity index (χ1) is 11.0. The summed E-state index contributed by atoms with van der Waals surface area (Å²) in [7, 11) is 1.29. The molecule has 1 aromatic carbocycles. The number of esters is 1. The molecule has 1 aromatic heterocycles. The van der Waals surface area contributed by atoms with Gasteiger partial charge in [0.15, 0.2) is 0 Å². The highest BCUT2D eigenvalue weighted by atomic mass is 16.5. The second kappa shape index (κ2) is 7.30. The van der Waals surface area contributed by atoms with Gasteiger partial charge in [0.05, 0.1) is 12.7 Å². The molecule has 0 atom stereocenters. The summed E-state index contributed by atoms with van der Waals surface area (Å²) < 4.78 is 4.74. The summed E-state index contributed by atoms with van der Waals surface area (Å²) in [6.45, 7) is 0.243. The number of H-pyrrole nitrogens is 1. The van der Waals surface area contributed by atoms with Gasteiger partial charge >= 0.3 is 18.0 Å². The van der Waals surface area contributed by atoms with Crippen LogP contribution >= 0.6 is 0 Å². The molecule has 0 saturated heterocycles. The highest BCUT2D eigenvalue weighted by Gasteiger charge is 2.14. The smallest absolute Gasteiger partial charge is 0.338 e. The fourth-order valence-corrected chi connectivity index (χ4v) is 2.13. The maximum atomic E-state index is 11.8. The van der Waals surface area contributed by atoms with E-state index in [0.717, 1.165) is 0 Å². The normalized spacial score (nSPS) is 10.3. The number of fused-ring (bicyclic) bond motifs is 1. The first-order valence-electron chi connectivity index (χ1n) is 6.97. The number of nitrogens with one attached hydrogen (secondary N) is 3. The summed E-state index contributed by atoms with van der Waals surface area (Å²) in [6.07, 6.45) is 2.01. The molecule has 8 nitrogen and oxygen atoms in total. The van der Waals surface area contributed by atoms with Crippen molar-refractivity contribution in [1.29, 1.82) is 0 Å². The summed E-state index contributed by atoms with van der Waals surface area (Å²) >= 11 is 0. The highest BCUT2D eigenvalue weighted by molar-refractivity contribution is 6.06. The number of carboxylic acids is 1. The number of carbonyl (C=O) groups excluding carboxylic acids is 2. The third-order valence-corrected chi connectivity index (χ3v) is 3.19. The largest absolute Gasteiger partial charge is 0.481 e. The van der Waals surface area contributed by atoms with E-state index >= 15 is 0 Å². The molecule has 0 aliphatic heterocycles. The van der Waals surface area contributed by atoms with Crippen LogP contribution in [0, 0.1) is 0 Å². The number of benzene rings is 1. The van der Waals surface area contributed by atoms with Crippen LogP contribution < -0.4 is 10.6 Å². The van der Waals surface area contributed by atoms with Crippen LogP contribution in [0.4, 0.5) is 10.5 Å². The maximum absolute atomic E-state index is 11.8. The molecule has 0 radical (unpaired) electrons. The van der Waals surface area contributed by atoms with E-state index < -0.39 is 18.0 Å². The average molecular weight is 319 g/mol. The van der Waals surface area contributed by atoms with Crippen LogP contribution in [0.25, 0.3) is 10.9 Å². The van der Waals surface area contributed by atoms with Gasteiger partial charge in [0, 0.05) is 35.8 Å². The molecule has 0 fully saturated rings. The Balaban J connectivity index is 2.06. The Morgan fingerprint density at radius 2 is 2.09 bits per heavy atom. The van der Waals surface area contributed by atoms with E-state index in [9.17, 15) is 14.4 Å². The number of rotatable bonds is 6. The van der Waals surface area contributed by atoms with Gasteiger partial charge in [0.2, 0.25) is 0 Å². The van der Waals surface area contributed by atoms with Crippen molar-refractivity contribution in [3.63, 3.8) is 0 Å².